The Bertz CT molecular complexity index is 707. The van der Waals surface area contributed by atoms with Crippen LogP contribution in [-0.4, -0.2) is 21.3 Å². The molecule has 0 amide bonds. The van der Waals surface area contributed by atoms with Crippen molar-refractivity contribution in [2.75, 3.05) is 6.61 Å². The molecule has 7 heteroatoms. The highest BCUT2D eigenvalue weighted by Gasteiger charge is 2.33. The number of aromatic nitrogens is 2. The predicted octanol–water partition coefficient (Wildman–Crippen LogP) is 2.60. The summed E-state index contributed by atoms with van der Waals surface area (Å²) in [6.07, 6.45) is -3.50. The number of nitrogens with zero attached hydrogens (tertiary/aromatic N) is 2. The summed E-state index contributed by atoms with van der Waals surface area (Å²) < 4.78 is 39.9. The molecule has 0 saturated carbocycles. The second kappa shape index (κ2) is 5.48. The maximum atomic E-state index is 12.9. The van der Waals surface area contributed by atoms with Gasteiger partial charge < -0.3 is 5.11 Å². The Balaban J connectivity index is 2.73. The summed E-state index contributed by atoms with van der Waals surface area (Å²) in [5.41, 5.74) is -1.89. The molecule has 0 radical (unpaired) electrons. The predicted molar refractivity (Wildman–Crippen MR) is 72.0 cm³/mol. The third-order valence-electron chi connectivity index (χ3n) is 3.43. The lowest BCUT2D eigenvalue weighted by Crippen LogP contribution is -2.30. The number of para-hydroxylation sites is 1. The molecule has 0 spiro atoms. The molecule has 0 aliphatic heterocycles. The highest BCUT2D eigenvalue weighted by molar-refractivity contribution is 5.81. The molecule has 1 unspecified atom stereocenters. The Hall–Kier alpha value is -1.89. The lowest BCUT2D eigenvalue weighted by molar-refractivity contribution is -0.136. The molecule has 1 N–H and O–H groups in total. The third kappa shape index (κ3) is 2.78. The molecule has 0 fully saturated rings. The first-order valence-corrected chi connectivity index (χ1v) is 6.45. The molecule has 1 aromatic heterocycles. The van der Waals surface area contributed by atoms with Gasteiger partial charge in [0, 0.05) is 0 Å². The van der Waals surface area contributed by atoms with Gasteiger partial charge in [-0.2, -0.15) is 13.2 Å². The molecule has 1 heterocycles. The molecule has 21 heavy (non-hydrogen) atoms. The fraction of sp³-hybridized carbons (Fsp3) is 0.429. The van der Waals surface area contributed by atoms with Crippen LogP contribution in [0.3, 0.4) is 0 Å². The summed E-state index contributed by atoms with van der Waals surface area (Å²) in [6, 6.07) is 2.86. The van der Waals surface area contributed by atoms with Gasteiger partial charge in [-0.05, 0) is 18.1 Å². The first-order valence-electron chi connectivity index (χ1n) is 6.45. The molecule has 1 atom stereocenters. The van der Waals surface area contributed by atoms with E-state index in [1.165, 1.54) is 16.7 Å². The topological polar surface area (TPSA) is 55.1 Å². The average Bonchev–Trinajstić information content (AvgIpc) is 2.40. The van der Waals surface area contributed by atoms with Crippen LogP contribution in [0.1, 0.15) is 25.5 Å². The van der Waals surface area contributed by atoms with Gasteiger partial charge in [0.15, 0.2) is 0 Å². The van der Waals surface area contributed by atoms with Crippen molar-refractivity contribution in [3.8, 4) is 0 Å². The van der Waals surface area contributed by atoms with Crippen LogP contribution in [0, 0.1) is 5.92 Å². The number of aliphatic hydroxyl groups excluding tert-OH is 1. The van der Waals surface area contributed by atoms with Gasteiger partial charge in [-0.3, -0.25) is 9.36 Å². The van der Waals surface area contributed by atoms with Crippen molar-refractivity contribution < 1.29 is 18.3 Å². The maximum Gasteiger partial charge on any atom is 0.418 e. The third-order valence-corrected chi connectivity index (χ3v) is 3.43. The van der Waals surface area contributed by atoms with Crippen molar-refractivity contribution >= 4 is 10.9 Å². The minimum atomic E-state index is -4.57. The highest BCUT2D eigenvalue weighted by atomic mass is 19.4. The van der Waals surface area contributed by atoms with Crippen LogP contribution in [0.2, 0.25) is 0 Å². The highest BCUT2D eigenvalue weighted by Crippen LogP contribution is 2.33. The van der Waals surface area contributed by atoms with Gasteiger partial charge in [-0.1, -0.05) is 19.9 Å². The molecule has 0 saturated heterocycles. The Kier molecular flexibility index (Phi) is 4.04. The summed E-state index contributed by atoms with van der Waals surface area (Å²) in [6.45, 7) is 3.33. The largest absolute Gasteiger partial charge is 0.418 e. The van der Waals surface area contributed by atoms with Crippen molar-refractivity contribution in [3.63, 3.8) is 0 Å². The van der Waals surface area contributed by atoms with Crippen LogP contribution in [0.5, 0.6) is 0 Å². The van der Waals surface area contributed by atoms with E-state index in [1.807, 2.05) is 13.8 Å². The van der Waals surface area contributed by atoms with Crippen molar-refractivity contribution in [3.05, 3.63) is 40.4 Å². The monoisotopic (exact) mass is 300 g/mol. The first-order chi connectivity index (χ1) is 9.77. The number of halogens is 3. The van der Waals surface area contributed by atoms with E-state index in [2.05, 4.69) is 4.98 Å². The molecule has 0 aliphatic carbocycles. The van der Waals surface area contributed by atoms with E-state index in [0.29, 0.717) is 0 Å². The Morgan fingerprint density at radius 2 is 2.00 bits per heavy atom. The standard InChI is InChI=1S/C14H15F3N2O2/c1-8(2)11(6-20)19-7-18-12-9(13(19)21)4-3-5-10(12)14(15,16)17/h3-5,7-8,11,20H,6H2,1-2H3. The van der Waals surface area contributed by atoms with Crippen LogP contribution < -0.4 is 5.56 Å². The van der Waals surface area contributed by atoms with Gasteiger partial charge in [-0.15, -0.1) is 0 Å². The summed E-state index contributed by atoms with van der Waals surface area (Å²) in [4.78, 5) is 16.1. The van der Waals surface area contributed by atoms with Crippen LogP contribution in [-0.2, 0) is 6.18 Å². The molecule has 2 rings (SSSR count). The number of hydrogen-bond acceptors (Lipinski definition) is 3. The zero-order valence-electron chi connectivity index (χ0n) is 11.6. The molecule has 1 aromatic carbocycles. The Morgan fingerprint density at radius 1 is 1.33 bits per heavy atom. The van der Waals surface area contributed by atoms with E-state index in [4.69, 9.17) is 0 Å². The summed E-state index contributed by atoms with van der Waals surface area (Å²) in [7, 11) is 0. The minimum absolute atomic E-state index is 0.0576. The zero-order valence-corrected chi connectivity index (χ0v) is 11.6. The molecule has 114 valence electrons. The van der Waals surface area contributed by atoms with Gasteiger partial charge >= 0.3 is 6.18 Å². The van der Waals surface area contributed by atoms with Crippen molar-refractivity contribution in [1.29, 1.82) is 0 Å². The average molecular weight is 300 g/mol. The molecule has 0 bridgehead atoms. The van der Waals surface area contributed by atoms with E-state index in [9.17, 15) is 23.1 Å². The van der Waals surface area contributed by atoms with Gasteiger partial charge in [0.1, 0.15) is 0 Å². The SMILES string of the molecule is CC(C)C(CO)n1cnc2c(C(F)(F)F)cccc2c1=O. The van der Waals surface area contributed by atoms with E-state index >= 15 is 0 Å². The minimum Gasteiger partial charge on any atom is -0.394 e. The van der Waals surface area contributed by atoms with E-state index in [-0.39, 0.29) is 23.4 Å². The molecule has 4 nitrogen and oxygen atoms in total. The first kappa shape index (κ1) is 15.5. The lowest BCUT2D eigenvalue weighted by Gasteiger charge is -2.21. The summed E-state index contributed by atoms with van der Waals surface area (Å²) >= 11 is 0. The van der Waals surface area contributed by atoms with Gasteiger partial charge in [-0.25, -0.2) is 4.98 Å². The fourth-order valence-electron chi connectivity index (χ4n) is 2.25. The number of benzene rings is 1. The number of alkyl halides is 3. The van der Waals surface area contributed by atoms with Crippen molar-refractivity contribution in [2.45, 2.75) is 26.1 Å². The normalized spacial score (nSPS) is 13.9. The van der Waals surface area contributed by atoms with Crippen LogP contribution in [0.4, 0.5) is 13.2 Å². The number of hydrogen-bond donors (Lipinski definition) is 1. The van der Waals surface area contributed by atoms with Crippen LogP contribution in [0.15, 0.2) is 29.3 Å². The number of aliphatic hydroxyl groups is 1. The van der Waals surface area contributed by atoms with Crippen molar-refractivity contribution in [1.82, 2.24) is 9.55 Å². The molecule has 0 aliphatic rings. The molecule has 2 aromatic rings. The Labute approximate surface area is 118 Å². The summed E-state index contributed by atoms with van der Waals surface area (Å²) in [5.74, 6) is -0.0576. The lowest BCUT2D eigenvalue weighted by atomic mass is 10.0. The van der Waals surface area contributed by atoms with E-state index in [0.717, 1.165) is 12.4 Å². The maximum absolute atomic E-state index is 12.9. The quantitative estimate of drug-likeness (QED) is 0.948. The zero-order chi connectivity index (χ0) is 15.8. The Morgan fingerprint density at radius 3 is 2.52 bits per heavy atom. The number of rotatable bonds is 3. The summed E-state index contributed by atoms with van der Waals surface area (Å²) in [5, 5.41) is 9.26. The molecular weight excluding hydrogens is 285 g/mol. The fourth-order valence-corrected chi connectivity index (χ4v) is 2.25. The van der Waals surface area contributed by atoms with E-state index in [1.54, 1.807) is 0 Å². The smallest absolute Gasteiger partial charge is 0.394 e. The van der Waals surface area contributed by atoms with Crippen molar-refractivity contribution in [2.24, 2.45) is 5.92 Å². The van der Waals surface area contributed by atoms with Gasteiger partial charge in [0.25, 0.3) is 5.56 Å². The van der Waals surface area contributed by atoms with Gasteiger partial charge in [0.2, 0.25) is 0 Å². The number of fused-ring (bicyclic) bond motifs is 1. The van der Waals surface area contributed by atoms with Gasteiger partial charge in [0.05, 0.1) is 35.4 Å². The second-order valence-corrected chi connectivity index (χ2v) is 5.15. The van der Waals surface area contributed by atoms with Crippen LogP contribution >= 0.6 is 0 Å². The van der Waals surface area contributed by atoms with E-state index < -0.39 is 23.3 Å². The van der Waals surface area contributed by atoms with Crippen LogP contribution in [0.25, 0.3) is 10.9 Å². The second-order valence-electron chi connectivity index (χ2n) is 5.15. The molecular formula is C14H15F3N2O2.